The van der Waals surface area contributed by atoms with Gasteiger partial charge in [0.05, 0.1) is 12.1 Å². The molecule has 1 aliphatic rings. The van der Waals surface area contributed by atoms with E-state index in [-0.39, 0.29) is 12.1 Å². The molecule has 0 saturated heterocycles. The third-order valence-corrected chi connectivity index (χ3v) is 4.98. The number of hydrogen-bond acceptors (Lipinski definition) is 5. The predicted octanol–water partition coefficient (Wildman–Crippen LogP) is 4.30. The summed E-state index contributed by atoms with van der Waals surface area (Å²) < 4.78 is 7.67. The van der Waals surface area contributed by atoms with E-state index in [0.29, 0.717) is 23.3 Å². The third kappa shape index (κ3) is 3.56. The van der Waals surface area contributed by atoms with Crippen molar-refractivity contribution in [2.75, 3.05) is 5.32 Å². The Bertz CT molecular complexity index is 1140. The fourth-order valence-electron chi connectivity index (χ4n) is 3.34. The molecule has 8 nitrogen and oxygen atoms in total. The molecule has 1 atom stereocenters. The number of hydrogen-bond donors (Lipinski definition) is 2. The molecule has 1 saturated carbocycles. The summed E-state index contributed by atoms with van der Waals surface area (Å²) in [7, 11) is 0. The molecule has 4 aromatic rings. The van der Waals surface area contributed by atoms with Gasteiger partial charge in [-0.2, -0.15) is 0 Å². The molecule has 2 aromatic heterocycles. The predicted molar refractivity (Wildman–Crippen MR) is 108 cm³/mol. The van der Waals surface area contributed by atoms with Crippen LogP contribution in [0.25, 0.3) is 22.4 Å². The van der Waals surface area contributed by atoms with Gasteiger partial charge < -0.3 is 15.1 Å². The molecular formula is C21H20N6O2. The highest BCUT2D eigenvalue weighted by Gasteiger charge is 2.28. The van der Waals surface area contributed by atoms with Crippen molar-refractivity contribution in [2.45, 2.75) is 31.8 Å². The van der Waals surface area contributed by atoms with Gasteiger partial charge in [0.2, 0.25) is 0 Å². The number of para-hydroxylation sites is 1. The molecule has 5 rings (SSSR count). The van der Waals surface area contributed by atoms with E-state index < -0.39 is 0 Å². The Kier molecular flexibility index (Phi) is 4.23. The number of rotatable bonds is 5. The molecule has 1 unspecified atom stereocenters. The molecule has 0 bridgehead atoms. The first-order valence-electron chi connectivity index (χ1n) is 9.62. The Morgan fingerprint density at radius 3 is 2.86 bits per heavy atom. The highest BCUT2D eigenvalue weighted by Crippen LogP contribution is 2.36. The zero-order valence-corrected chi connectivity index (χ0v) is 15.9. The summed E-state index contributed by atoms with van der Waals surface area (Å²) in [4.78, 5) is 12.5. The number of nitrogens with zero attached hydrogens (tertiary/aromatic N) is 4. The van der Waals surface area contributed by atoms with Crippen molar-refractivity contribution < 1.29 is 9.21 Å². The minimum Gasteiger partial charge on any atom is -0.459 e. The molecule has 146 valence electrons. The second-order valence-electron chi connectivity index (χ2n) is 7.27. The van der Waals surface area contributed by atoms with Gasteiger partial charge in [-0.05, 0) is 54.5 Å². The standard InChI is InChI=1S/C21H20N6O2/c1-13(19-12-14-5-2-3-8-18(14)29-19)22-21(28)23-16-7-4-6-15(11-16)20-24-25-26-27(20)17-9-10-17/h2-8,11-13,17H,9-10H2,1H3,(H2,22,23,28). The van der Waals surface area contributed by atoms with Crippen molar-refractivity contribution in [3.63, 3.8) is 0 Å². The topological polar surface area (TPSA) is 97.9 Å². The molecule has 0 radical (unpaired) electrons. The zero-order chi connectivity index (χ0) is 19.8. The number of anilines is 1. The lowest BCUT2D eigenvalue weighted by Crippen LogP contribution is -2.30. The lowest BCUT2D eigenvalue weighted by molar-refractivity contribution is 0.248. The maximum Gasteiger partial charge on any atom is 0.319 e. The first-order valence-corrected chi connectivity index (χ1v) is 9.62. The van der Waals surface area contributed by atoms with E-state index in [4.69, 9.17) is 4.42 Å². The number of amides is 2. The Morgan fingerprint density at radius 1 is 1.17 bits per heavy atom. The van der Waals surface area contributed by atoms with E-state index in [2.05, 4.69) is 26.2 Å². The molecule has 8 heteroatoms. The number of carbonyl (C=O) groups excluding carboxylic acids is 1. The highest BCUT2D eigenvalue weighted by molar-refractivity contribution is 5.90. The number of aromatic nitrogens is 4. The smallest absolute Gasteiger partial charge is 0.319 e. The number of furan rings is 1. The fraction of sp³-hybridized carbons (Fsp3) is 0.238. The molecular weight excluding hydrogens is 368 g/mol. The van der Waals surface area contributed by atoms with Crippen LogP contribution in [0, 0.1) is 0 Å². The van der Waals surface area contributed by atoms with E-state index >= 15 is 0 Å². The number of urea groups is 1. The number of fused-ring (bicyclic) bond motifs is 1. The van der Waals surface area contributed by atoms with Crippen LogP contribution in [0.4, 0.5) is 10.5 Å². The van der Waals surface area contributed by atoms with Crippen molar-refractivity contribution in [3.8, 4) is 11.4 Å². The summed E-state index contributed by atoms with van der Waals surface area (Å²) in [5.74, 6) is 1.42. The van der Waals surface area contributed by atoms with Crippen LogP contribution in [0.3, 0.4) is 0 Å². The molecule has 2 N–H and O–H groups in total. The van der Waals surface area contributed by atoms with E-state index in [1.807, 2.05) is 66.2 Å². The van der Waals surface area contributed by atoms with Crippen molar-refractivity contribution in [3.05, 3.63) is 60.4 Å². The van der Waals surface area contributed by atoms with Gasteiger partial charge in [-0.1, -0.05) is 30.3 Å². The van der Waals surface area contributed by atoms with Crippen LogP contribution in [-0.4, -0.2) is 26.2 Å². The molecule has 2 heterocycles. The maximum absolute atomic E-state index is 12.5. The third-order valence-electron chi connectivity index (χ3n) is 4.98. The number of benzene rings is 2. The number of nitrogens with one attached hydrogen (secondary N) is 2. The van der Waals surface area contributed by atoms with Crippen LogP contribution in [0.15, 0.2) is 59.0 Å². The van der Waals surface area contributed by atoms with E-state index in [0.717, 1.165) is 29.4 Å². The van der Waals surface area contributed by atoms with Gasteiger partial charge in [-0.25, -0.2) is 9.48 Å². The van der Waals surface area contributed by atoms with Crippen LogP contribution < -0.4 is 10.6 Å². The summed E-state index contributed by atoms with van der Waals surface area (Å²) >= 11 is 0. The molecule has 1 aliphatic carbocycles. The summed E-state index contributed by atoms with van der Waals surface area (Å²) in [5, 5.41) is 18.8. The fourth-order valence-corrected chi connectivity index (χ4v) is 3.34. The van der Waals surface area contributed by atoms with Crippen LogP contribution >= 0.6 is 0 Å². The van der Waals surface area contributed by atoms with Gasteiger partial charge in [0.15, 0.2) is 5.82 Å². The maximum atomic E-state index is 12.5. The molecule has 2 amide bonds. The lowest BCUT2D eigenvalue weighted by Gasteiger charge is -2.13. The van der Waals surface area contributed by atoms with Crippen LogP contribution in [0.2, 0.25) is 0 Å². The van der Waals surface area contributed by atoms with E-state index in [1.165, 1.54) is 0 Å². The zero-order valence-electron chi connectivity index (χ0n) is 15.9. The minimum atomic E-state index is -0.308. The first-order chi connectivity index (χ1) is 14.2. The Labute approximate surface area is 166 Å². The molecule has 0 aliphatic heterocycles. The largest absolute Gasteiger partial charge is 0.459 e. The highest BCUT2D eigenvalue weighted by atomic mass is 16.3. The van der Waals surface area contributed by atoms with E-state index in [9.17, 15) is 4.79 Å². The number of carbonyl (C=O) groups is 1. The Morgan fingerprint density at radius 2 is 2.03 bits per heavy atom. The molecule has 0 spiro atoms. The average Bonchev–Trinajstić information content (AvgIpc) is 3.27. The van der Waals surface area contributed by atoms with Gasteiger partial charge in [-0.15, -0.1) is 5.10 Å². The summed E-state index contributed by atoms with van der Waals surface area (Å²) in [6.45, 7) is 1.89. The quantitative estimate of drug-likeness (QED) is 0.531. The monoisotopic (exact) mass is 388 g/mol. The summed E-state index contributed by atoms with van der Waals surface area (Å²) in [6.07, 6.45) is 2.19. The average molecular weight is 388 g/mol. The lowest BCUT2D eigenvalue weighted by atomic mass is 10.2. The van der Waals surface area contributed by atoms with Gasteiger partial charge in [0.25, 0.3) is 0 Å². The van der Waals surface area contributed by atoms with Crippen LogP contribution in [0.1, 0.15) is 37.6 Å². The second-order valence-corrected chi connectivity index (χ2v) is 7.27. The summed E-state index contributed by atoms with van der Waals surface area (Å²) in [5.41, 5.74) is 2.34. The normalized spacial score (nSPS) is 14.7. The van der Waals surface area contributed by atoms with Gasteiger partial charge in [-0.3, -0.25) is 0 Å². The van der Waals surface area contributed by atoms with Crippen LogP contribution in [-0.2, 0) is 0 Å². The summed E-state index contributed by atoms with van der Waals surface area (Å²) in [6, 6.07) is 17.0. The van der Waals surface area contributed by atoms with Crippen molar-refractivity contribution in [1.29, 1.82) is 0 Å². The van der Waals surface area contributed by atoms with Crippen molar-refractivity contribution in [1.82, 2.24) is 25.5 Å². The van der Waals surface area contributed by atoms with Crippen molar-refractivity contribution in [2.24, 2.45) is 0 Å². The Balaban J connectivity index is 1.28. The minimum absolute atomic E-state index is 0.271. The molecule has 29 heavy (non-hydrogen) atoms. The molecule has 2 aromatic carbocycles. The SMILES string of the molecule is CC(NC(=O)Nc1cccc(-c2nnnn2C2CC2)c1)c1cc2ccccc2o1. The van der Waals surface area contributed by atoms with Crippen molar-refractivity contribution >= 4 is 22.7 Å². The second kappa shape index (κ2) is 7.05. The van der Waals surface area contributed by atoms with Crippen LogP contribution in [0.5, 0.6) is 0 Å². The first kappa shape index (κ1) is 17.4. The van der Waals surface area contributed by atoms with Gasteiger partial charge in [0, 0.05) is 16.6 Å². The number of tetrazole rings is 1. The Hall–Kier alpha value is -3.68. The van der Waals surface area contributed by atoms with Gasteiger partial charge >= 0.3 is 6.03 Å². The van der Waals surface area contributed by atoms with Gasteiger partial charge in [0.1, 0.15) is 11.3 Å². The van der Waals surface area contributed by atoms with E-state index in [1.54, 1.807) is 0 Å². The molecule has 1 fully saturated rings.